The number of hydrogen-bond donors (Lipinski definition) is 1. The molecule has 0 radical (unpaired) electrons. The van der Waals surface area contributed by atoms with E-state index in [0.717, 1.165) is 10.5 Å². The van der Waals surface area contributed by atoms with Gasteiger partial charge in [0.05, 0.1) is 13.0 Å². The molecule has 1 N–H and O–H groups in total. The fourth-order valence-electron chi connectivity index (χ4n) is 1.99. The van der Waals surface area contributed by atoms with E-state index in [1.54, 1.807) is 0 Å². The molecule has 0 spiro atoms. The van der Waals surface area contributed by atoms with Crippen LogP contribution < -0.4 is 0 Å². The maximum Gasteiger partial charge on any atom is 0.409 e. The fraction of sp³-hybridized carbons (Fsp3) is 0.438. The van der Waals surface area contributed by atoms with E-state index < -0.39 is 18.0 Å². The van der Waals surface area contributed by atoms with Crippen LogP contribution in [0, 0.1) is 5.92 Å². The van der Waals surface area contributed by atoms with Gasteiger partial charge in [-0.1, -0.05) is 37.3 Å². The second-order valence-electron chi connectivity index (χ2n) is 5.33. The van der Waals surface area contributed by atoms with E-state index in [1.165, 1.54) is 26.0 Å². The molecule has 1 unspecified atom stereocenters. The van der Waals surface area contributed by atoms with Gasteiger partial charge in [-0.25, -0.2) is 4.79 Å². The van der Waals surface area contributed by atoms with Gasteiger partial charge >= 0.3 is 12.1 Å². The summed E-state index contributed by atoms with van der Waals surface area (Å²) in [7, 11) is 2.68. The van der Waals surface area contributed by atoms with E-state index in [9.17, 15) is 14.4 Å². The van der Waals surface area contributed by atoms with Gasteiger partial charge in [0.1, 0.15) is 6.54 Å². The molecule has 7 nitrogen and oxygen atoms in total. The topological polar surface area (TPSA) is 87.2 Å². The maximum absolute atomic E-state index is 12.4. The number of carboxylic acid groups (broad SMARTS) is 1. The Labute approximate surface area is 135 Å². The molecule has 0 bridgehead atoms. The van der Waals surface area contributed by atoms with Crippen molar-refractivity contribution < 1.29 is 24.2 Å². The molecule has 0 aliphatic rings. The predicted octanol–water partition coefficient (Wildman–Crippen LogP) is 1.43. The second kappa shape index (κ2) is 8.77. The van der Waals surface area contributed by atoms with Crippen LogP contribution in [-0.2, 0) is 20.9 Å². The largest absolute Gasteiger partial charge is 0.481 e. The summed E-state index contributed by atoms with van der Waals surface area (Å²) in [5.74, 6) is -2.02. The van der Waals surface area contributed by atoms with Crippen molar-refractivity contribution in [3.05, 3.63) is 35.9 Å². The van der Waals surface area contributed by atoms with Crippen molar-refractivity contribution in [2.75, 3.05) is 27.2 Å². The van der Waals surface area contributed by atoms with Crippen molar-refractivity contribution in [3.63, 3.8) is 0 Å². The van der Waals surface area contributed by atoms with Crippen LogP contribution in [0.2, 0.25) is 0 Å². The zero-order valence-corrected chi connectivity index (χ0v) is 13.6. The van der Waals surface area contributed by atoms with Gasteiger partial charge in [0.25, 0.3) is 0 Å². The normalized spacial score (nSPS) is 11.4. The zero-order valence-electron chi connectivity index (χ0n) is 13.6. The lowest BCUT2D eigenvalue weighted by atomic mass is 10.1. The molecular formula is C16H22N2O5. The molecule has 0 saturated carbocycles. The quantitative estimate of drug-likeness (QED) is 0.820. The lowest BCUT2D eigenvalue weighted by Gasteiger charge is -2.26. The summed E-state index contributed by atoms with van der Waals surface area (Å²) in [5.41, 5.74) is 0.888. The average molecular weight is 322 g/mol. The molecule has 0 aliphatic carbocycles. The van der Waals surface area contributed by atoms with E-state index >= 15 is 0 Å². The molecule has 1 atom stereocenters. The number of nitrogens with zero attached hydrogens (tertiary/aromatic N) is 2. The predicted molar refractivity (Wildman–Crippen MR) is 83.7 cm³/mol. The number of carboxylic acids is 1. The summed E-state index contributed by atoms with van der Waals surface area (Å²) in [6.07, 6.45) is -0.621. The van der Waals surface area contributed by atoms with Crippen LogP contribution in [0.25, 0.3) is 0 Å². The molecule has 1 aromatic carbocycles. The molecule has 7 heteroatoms. The van der Waals surface area contributed by atoms with E-state index in [0.29, 0.717) is 0 Å². The number of aliphatic carboxylic acids is 1. The van der Waals surface area contributed by atoms with Crippen molar-refractivity contribution in [3.8, 4) is 0 Å². The minimum atomic E-state index is -0.975. The first-order chi connectivity index (χ1) is 10.8. The zero-order chi connectivity index (χ0) is 17.4. The van der Waals surface area contributed by atoms with Gasteiger partial charge in [0, 0.05) is 20.1 Å². The highest BCUT2D eigenvalue weighted by molar-refractivity contribution is 5.82. The summed E-state index contributed by atoms with van der Waals surface area (Å²) in [6, 6.07) is 9.27. The van der Waals surface area contributed by atoms with Crippen molar-refractivity contribution in [1.82, 2.24) is 9.80 Å². The first-order valence-corrected chi connectivity index (χ1v) is 7.18. The van der Waals surface area contributed by atoms with Gasteiger partial charge in [-0.15, -0.1) is 0 Å². The van der Waals surface area contributed by atoms with Crippen molar-refractivity contribution >= 4 is 18.0 Å². The molecule has 1 aromatic rings. The summed E-state index contributed by atoms with van der Waals surface area (Å²) in [5, 5.41) is 9.06. The number of rotatable bonds is 7. The number of likely N-dealkylation sites (N-methyl/N-ethyl adjacent to an activating group) is 1. The Morgan fingerprint density at radius 3 is 2.35 bits per heavy atom. The molecule has 0 aliphatic heterocycles. The van der Waals surface area contributed by atoms with Crippen LogP contribution in [0.4, 0.5) is 4.79 Å². The van der Waals surface area contributed by atoms with Crippen LogP contribution in [0.15, 0.2) is 30.3 Å². The summed E-state index contributed by atoms with van der Waals surface area (Å²) < 4.78 is 4.55. The number of carbonyl (C=O) groups excluding carboxylic acids is 2. The number of carbonyl (C=O) groups is 3. The van der Waals surface area contributed by atoms with Gasteiger partial charge in [-0.2, -0.15) is 0 Å². The Bertz CT molecular complexity index is 547. The average Bonchev–Trinajstić information content (AvgIpc) is 2.53. The summed E-state index contributed by atoms with van der Waals surface area (Å²) in [6.45, 7) is 1.72. The highest BCUT2D eigenvalue weighted by Gasteiger charge is 2.23. The van der Waals surface area contributed by atoms with Crippen LogP contribution in [0.1, 0.15) is 12.5 Å². The monoisotopic (exact) mass is 322 g/mol. The number of benzene rings is 1. The lowest BCUT2D eigenvalue weighted by molar-refractivity contribution is -0.143. The Hall–Kier alpha value is -2.57. The second-order valence-corrected chi connectivity index (χ2v) is 5.33. The minimum absolute atomic E-state index is 0.0675. The molecule has 0 saturated heterocycles. The van der Waals surface area contributed by atoms with Crippen molar-refractivity contribution in [1.29, 1.82) is 0 Å². The Morgan fingerprint density at radius 1 is 1.22 bits per heavy atom. The molecule has 126 valence electrons. The smallest absolute Gasteiger partial charge is 0.409 e. The van der Waals surface area contributed by atoms with Gasteiger partial charge in [-0.05, 0) is 5.56 Å². The minimum Gasteiger partial charge on any atom is -0.481 e. The van der Waals surface area contributed by atoms with Crippen molar-refractivity contribution in [2.24, 2.45) is 5.92 Å². The molecule has 0 aromatic heterocycles. The molecule has 23 heavy (non-hydrogen) atoms. The van der Waals surface area contributed by atoms with E-state index in [-0.39, 0.29) is 25.5 Å². The fourth-order valence-corrected chi connectivity index (χ4v) is 1.99. The van der Waals surface area contributed by atoms with Gasteiger partial charge in [-0.3, -0.25) is 9.59 Å². The first-order valence-electron chi connectivity index (χ1n) is 7.18. The molecular weight excluding hydrogens is 300 g/mol. The molecule has 2 amide bonds. The Balaban J connectivity index is 2.83. The van der Waals surface area contributed by atoms with Crippen LogP contribution >= 0.6 is 0 Å². The number of amides is 2. The van der Waals surface area contributed by atoms with Crippen LogP contribution in [0.5, 0.6) is 0 Å². The van der Waals surface area contributed by atoms with E-state index in [2.05, 4.69) is 4.74 Å². The Kier molecular flexibility index (Phi) is 7.05. The summed E-state index contributed by atoms with van der Waals surface area (Å²) >= 11 is 0. The van der Waals surface area contributed by atoms with Gasteiger partial charge in [0.15, 0.2) is 0 Å². The van der Waals surface area contributed by atoms with E-state index in [1.807, 2.05) is 30.3 Å². The molecule has 1 rings (SSSR count). The van der Waals surface area contributed by atoms with Crippen LogP contribution in [0.3, 0.4) is 0 Å². The van der Waals surface area contributed by atoms with Gasteiger partial charge < -0.3 is 19.6 Å². The number of hydrogen-bond acceptors (Lipinski definition) is 4. The number of ether oxygens (including phenoxy) is 1. The lowest BCUT2D eigenvalue weighted by Crippen LogP contribution is -2.43. The van der Waals surface area contributed by atoms with Gasteiger partial charge in [0.2, 0.25) is 5.91 Å². The van der Waals surface area contributed by atoms with Crippen LogP contribution in [-0.4, -0.2) is 60.1 Å². The standard InChI is InChI=1S/C16H22N2O5/c1-12(15(20)21)9-18(10-13-7-5-4-6-8-13)14(19)11-17(2)16(22)23-3/h4-8,12H,9-11H2,1-3H3,(H,20,21). The molecule has 0 fully saturated rings. The third-order valence-corrected chi connectivity index (χ3v) is 3.34. The SMILES string of the molecule is COC(=O)N(C)CC(=O)N(Cc1ccccc1)CC(C)C(=O)O. The third-order valence-electron chi connectivity index (χ3n) is 3.34. The highest BCUT2D eigenvalue weighted by atomic mass is 16.5. The first kappa shape index (κ1) is 18.5. The van der Waals surface area contributed by atoms with Crippen molar-refractivity contribution in [2.45, 2.75) is 13.5 Å². The Morgan fingerprint density at radius 2 is 1.83 bits per heavy atom. The maximum atomic E-state index is 12.4. The third kappa shape index (κ3) is 5.98. The highest BCUT2D eigenvalue weighted by Crippen LogP contribution is 2.09. The summed E-state index contributed by atoms with van der Waals surface area (Å²) in [4.78, 5) is 37.5. The molecule has 0 heterocycles. The van der Waals surface area contributed by atoms with E-state index in [4.69, 9.17) is 5.11 Å². The number of methoxy groups -OCH3 is 1.